The van der Waals surface area contributed by atoms with Crippen molar-refractivity contribution in [3.63, 3.8) is 0 Å². The molecule has 0 radical (unpaired) electrons. The molecule has 0 aromatic heterocycles. The fourth-order valence-corrected chi connectivity index (χ4v) is 2.60. The van der Waals surface area contributed by atoms with Gasteiger partial charge < -0.3 is 14.8 Å². The van der Waals surface area contributed by atoms with E-state index in [1.54, 1.807) is 0 Å². The van der Waals surface area contributed by atoms with E-state index >= 15 is 0 Å². The second-order valence-electron chi connectivity index (χ2n) is 4.55. The molecule has 4 heteroatoms. The Balaban J connectivity index is 1.87. The SMILES string of the molecule is CNCc1cc(Br)ccc1OCCC1CCCO1. The number of rotatable bonds is 6. The number of hydrogen-bond acceptors (Lipinski definition) is 3. The van der Waals surface area contributed by atoms with Gasteiger partial charge in [0.05, 0.1) is 12.7 Å². The lowest BCUT2D eigenvalue weighted by Gasteiger charge is -2.14. The first kappa shape index (κ1) is 13.8. The molecule has 1 atom stereocenters. The van der Waals surface area contributed by atoms with E-state index in [1.165, 1.54) is 18.4 Å². The van der Waals surface area contributed by atoms with E-state index in [9.17, 15) is 0 Å². The molecule has 100 valence electrons. The van der Waals surface area contributed by atoms with E-state index in [1.807, 2.05) is 19.2 Å². The van der Waals surface area contributed by atoms with Crippen molar-refractivity contribution in [1.82, 2.24) is 5.32 Å². The average molecular weight is 314 g/mol. The molecule has 1 saturated heterocycles. The van der Waals surface area contributed by atoms with Gasteiger partial charge in [0.25, 0.3) is 0 Å². The molecular formula is C14H20BrNO2. The molecule has 2 rings (SSSR count). The third-order valence-electron chi connectivity index (χ3n) is 3.11. The van der Waals surface area contributed by atoms with Crippen molar-refractivity contribution >= 4 is 15.9 Å². The first-order valence-electron chi connectivity index (χ1n) is 6.47. The van der Waals surface area contributed by atoms with E-state index < -0.39 is 0 Å². The van der Waals surface area contributed by atoms with Gasteiger partial charge in [0.1, 0.15) is 5.75 Å². The second-order valence-corrected chi connectivity index (χ2v) is 5.47. The van der Waals surface area contributed by atoms with E-state index in [0.29, 0.717) is 6.10 Å². The molecule has 1 unspecified atom stereocenters. The molecular weight excluding hydrogens is 294 g/mol. The van der Waals surface area contributed by atoms with Gasteiger partial charge in [-0.2, -0.15) is 0 Å². The fourth-order valence-electron chi connectivity index (χ4n) is 2.19. The van der Waals surface area contributed by atoms with Crippen molar-refractivity contribution in [3.8, 4) is 5.75 Å². The summed E-state index contributed by atoms with van der Waals surface area (Å²) < 4.78 is 12.5. The van der Waals surface area contributed by atoms with Gasteiger partial charge in [-0.3, -0.25) is 0 Å². The zero-order valence-corrected chi connectivity index (χ0v) is 12.3. The van der Waals surface area contributed by atoms with Crippen molar-refractivity contribution < 1.29 is 9.47 Å². The lowest BCUT2D eigenvalue weighted by molar-refractivity contribution is 0.0902. The van der Waals surface area contributed by atoms with Gasteiger partial charge in [-0.15, -0.1) is 0 Å². The Bertz CT molecular complexity index is 378. The first-order valence-corrected chi connectivity index (χ1v) is 7.26. The van der Waals surface area contributed by atoms with Crippen LogP contribution in [0.15, 0.2) is 22.7 Å². The molecule has 0 amide bonds. The molecule has 0 aliphatic carbocycles. The number of hydrogen-bond donors (Lipinski definition) is 1. The van der Waals surface area contributed by atoms with Crippen LogP contribution in [-0.2, 0) is 11.3 Å². The highest BCUT2D eigenvalue weighted by Crippen LogP contribution is 2.24. The second kappa shape index (κ2) is 7.12. The van der Waals surface area contributed by atoms with Gasteiger partial charge in [0.2, 0.25) is 0 Å². The van der Waals surface area contributed by atoms with Gasteiger partial charge in [0.15, 0.2) is 0 Å². The van der Waals surface area contributed by atoms with E-state index in [2.05, 4.69) is 27.3 Å². The maximum atomic E-state index is 5.87. The molecule has 1 aromatic rings. The standard InChI is InChI=1S/C14H20BrNO2/c1-16-10-11-9-12(15)4-5-14(11)18-8-6-13-3-2-7-17-13/h4-5,9,13,16H,2-3,6-8,10H2,1H3. The normalized spacial score (nSPS) is 19.1. The Labute approximate surface area is 117 Å². The summed E-state index contributed by atoms with van der Waals surface area (Å²) in [4.78, 5) is 0. The molecule has 0 saturated carbocycles. The number of nitrogens with one attached hydrogen (secondary N) is 1. The maximum absolute atomic E-state index is 5.87. The van der Waals surface area contributed by atoms with Crippen LogP contribution in [0.2, 0.25) is 0 Å². The van der Waals surface area contributed by atoms with Crippen molar-refractivity contribution in [3.05, 3.63) is 28.2 Å². The van der Waals surface area contributed by atoms with Crippen molar-refractivity contribution in [1.29, 1.82) is 0 Å². The van der Waals surface area contributed by atoms with Crippen LogP contribution >= 0.6 is 15.9 Å². The van der Waals surface area contributed by atoms with Crippen LogP contribution in [0, 0.1) is 0 Å². The Morgan fingerprint density at radius 2 is 2.39 bits per heavy atom. The van der Waals surface area contributed by atoms with Crippen LogP contribution in [0.5, 0.6) is 5.75 Å². The molecule has 3 nitrogen and oxygen atoms in total. The molecule has 1 aliphatic rings. The molecule has 1 N–H and O–H groups in total. The monoisotopic (exact) mass is 313 g/mol. The van der Waals surface area contributed by atoms with Gasteiger partial charge in [-0.25, -0.2) is 0 Å². The predicted molar refractivity (Wildman–Crippen MR) is 76.0 cm³/mol. The minimum Gasteiger partial charge on any atom is -0.493 e. The maximum Gasteiger partial charge on any atom is 0.123 e. The van der Waals surface area contributed by atoms with Crippen molar-refractivity contribution in [2.24, 2.45) is 0 Å². The summed E-state index contributed by atoms with van der Waals surface area (Å²) in [6, 6.07) is 6.13. The van der Waals surface area contributed by atoms with Gasteiger partial charge in [-0.05, 0) is 38.1 Å². The largest absolute Gasteiger partial charge is 0.493 e. The Kier molecular flexibility index (Phi) is 5.47. The highest BCUT2D eigenvalue weighted by atomic mass is 79.9. The molecule has 0 bridgehead atoms. The number of benzene rings is 1. The molecule has 1 heterocycles. The van der Waals surface area contributed by atoms with Crippen LogP contribution in [0.25, 0.3) is 0 Å². The Hall–Kier alpha value is -0.580. The minimum atomic E-state index is 0.396. The summed E-state index contributed by atoms with van der Waals surface area (Å²) in [6.07, 6.45) is 3.74. The lowest BCUT2D eigenvalue weighted by Crippen LogP contribution is -2.12. The average Bonchev–Trinajstić information content (AvgIpc) is 2.85. The zero-order valence-electron chi connectivity index (χ0n) is 10.7. The summed E-state index contributed by atoms with van der Waals surface area (Å²) in [5, 5.41) is 3.16. The predicted octanol–water partition coefficient (Wildman–Crippen LogP) is 3.12. The smallest absolute Gasteiger partial charge is 0.123 e. The van der Waals surface area contributed by atoms with Crippen LogP contribution in [0.3, 0.4) is 0 Å². The summed E-state index contributed by atoms with van der Waals surface area (Å²) in [7, 11) is 1.94. The van der Waals surface area contributed by atoms with Crippen LogP contribution in [0.4, 0.5) is 0 Å². The van der Waals surface area contributed by atoms with Gasteiger partial charge in [-0.1, -0.05) is 15.9 Å². The Morgan fingerprint density at radius 3 is 3.11 bits per heavy atom. The van der Waals surface area contributed by atoms with Crippen LogP contribution < -0.4 is 10.1 Å². The summed E-state index contributed by atoms with van der Waals surface area (Å²) in [6.45, 7) is 2.45. The van der Waals surface area contributed by atoms with Crippen molar-refractivity contribution in [2.75, 3.05) is 20.3 Å². The quantitative estimate of drug-likeness (QED) is 0.875. The minimum absolute atomic E-state index is 0.396. The molecule has 1 aliphatic heterocycles. The van der Waals surface area contributed by atoms with E-state index in [4.69, 9.17) is 9.47 Å². The van der Waals surface area contributed by atoms with Crippen LogP contribution in [-0.4, -0.2) is 26.4 Å². The Morgan fingerprint density at radius 1 is 1.50 bits per heavy atom. The lowest BCUT2D eigenvalue weighted by atomic mass is 10.2. The highest BCUT2D eigenvalue weighted by molar-refractivity contribution is 9.10. The summed E-state index contributed by atoms with van der Waals surface area (Å²) in [5.74, 6) is 0.963. The third kappa shape index (κ3) is 3.97. The first-order chi connectivity index (χ1) is 8.79. The molecule has 0 spiro atoms. The number of ether oxygens (including phenoxy) is 2. The molecule has 1 fully saturated rings. The van der Waals surface area contributed by atoms with Crippen LogP contribution in [0.1, 0.15) is 24.8 Å². The van der Waals surface area contributed by atoms with E-state index in [-0.39, 0.29) is 0 Å². The van der Waals surface area contributed by atoms with Gasteiger partial charge in [0, 0.05) is 29.6 Å². The van der Waals surface area contributed by atoms with E-state index in [0.717, 1.165) is 36.4 Å². The van der Waals surface area contributed by atoms with Gasteiger partial charge >= 0.3 is 0 Å². The zero-order chi connectivity index (χ0) is 12.8. The summed E-state index contributed by atoms with van der Waals surface area (Å²) in [5.41, 5.74) is 1.18. The van der Waals surface area contributed by atoms with Crippen molar-refractivity contribution in [2.45, 2.75) is 31.9 Å². The topological polar surface area (TPSA) is 30.5 Å². The fraction of sp³-hybridized carbons (Fsp3) is 0.571. The summed E-state index contributed by atoms with van der Waals surface area (Å²) >= 11 is 3.49. The highest BCUT2D eigenvalue weighted by Gasteiger charge is 2.15. The third-order valence-corrected chi connectivity index (χ3v) is 3.60. The molecule has 1 aromatic carbocycles. The molecule has 18 heavy (non-hydrogen) atoms. The number of halogens is 1.